The summed E-state index contributed by atoms with van der Waals surface area (Å²) in [5.41, 5.74) is -0.735. The van der Waals surface area contributed by atoms with Crippen molar-refractivity contribution in [2.75, 3.05) is 13.2 Å². The van der Waals surface area contributed by atoms with Gasteiger partial charge in [-0.05, 0) is 27.2 Å². The number of hydrogen-bond donors (Lipinski definition) is 1. The zero-order chi connectivity index (χ0) is 18.0. The smallest absolute Gasteiger partial charge is 0.408 e. The summed E-state index contributed by atoms with van der Waals surface area (Å²) in [6.45, 7) is 8.38. The highest BCUT2D eigenvalue weighted by molar-refractivity contribution is 5.81. The molecular weight excluding hydrogens is 308 g/mol. The molecule has 2 atom stereocenters. The molecule has 0 radical (unpaired) electrons. The number of nitrogens with zero attached hydrogens (tertiary/aromatic N) is 1. The van der Waals surface area contributed by atoms with Gasteiger partial charge in [0.05, 0.1) is 6.61 Å². The van der Waals surface area contributed by atoms with Crippen LogP contribution in [-0.2, 0) is 19.1 Å². The number of rotatable bonds is 9. The fraction of sp³-hybridized carbons (Fsp3) is 0.857. The summed E-state index contributed by atoms with van der Waals surface area (Å²) in [5.74, 6) is -1.34. The lowest BCUT2D eigenvalue weighted by atomic mass is 10.0. The summed E-state index contributed by atoms with van der Waals surface area (Å²) < 4.78 is 10.2. The van der Waals surface area contributed by atoms with E-state index in [0.717, 1.165) is 6.42 Å². The Kier molecular flexibility index (Phi) is 8.97. The first-order valence-electron chi connectivity index (χ1n) is 7.50. The van der Waals surface area contributed by atoms with Gasteiger partial charge in [0.2, 0.25) is 0 Å². The molecule has 1 amide bonds. The number of hydrogen-bond acceptors (Lipinski definition) is 7. The van der Waals surface area contributed by atoms with Crippen LogP contribution in [0.25, 0.3) is 0 Å². The Hall–Kier alpha value is -2.06. The van der Waals surface area contributed by atoms with Crippen molar-refractivity contribution in [1.82, 2.24) is 5.32 Å². The maximum Gasteiger partial charge on any atom is 0.408 e. The number of alkyl carbamates (subject to hydrolysis) is 1. The Labute approximate surface area is 135 Å². The molecule has 23 heavy (non-hydrogen) atoms. The van der Waals surface area contributed by atoms with Crippen LogP contribution in [-0.4, -0.2) is 42.0 Å². The first kappa shape index (κ1) is 20.9. The summed E-state index contributed by atoms with van der Waals surface area (Å²) in [6, 6.07) is -1.10. The summed E-state index contributed by atoms with van der Waals surface area (Å²) in [4.78, 5) is 38.5. The third-order valence-corrected chi connectivity index (χ3v) is 2.68. The van der Waals surface area contributed by atoms with Crippen LogP contribution >= 0.6 is 0 Å². The molecule has 0 aromatic rings. The normalized spacial score (nSPS) is 13.6. The Morgan fingerprint density at radius 1 is 1.30 bits per heavy atom. The molecule has 0 rings (SSSR count). The van der Waals surface area contributed by atoms with Gasteiger partial charge < -0.3 is 19.6 Å². The van der Waals surface area contributed by atoms with Crippen molar-refractivity contribution in [3.63, 3.8) is 0 Å². The lowest BCUT2D eigenvalue weighted by molar-refractivity contribution is -0.759. The van der Waals surface area contributed by atoms with Crippen molar-refractivity contribution in [3.05, 3.63) is 10.1 Å². The van der Waals surface area contributed by atoms with Crippen molar-refractivity contribution in [1.29, 1.82) is 0 Å². The monoisotopic (exact) mass is 334 g/mol. The minimum absolute atomic E-state index is 0.213. The molecule has 0 saturated heterocycles. The highest BCUT2D eigenvalue weighted by atomic mass is 16.9. The van der Waals surface area contributed by atoms with Gasteiger partial charge in [-0.15, -0.1) is 10.1 Å². The van der Waals surface area contributed by atoms with Crippen molar-refractivity contribution >= 4 is 12.1 Å². The van der Waals surface area contributed by atoms with Crippen LogP contribution in [0.3, 0.4) is 0 Å². The van der Waals surface area contributed by atoms with Crippen LogP contribution in [0.5, 0.6) is 0 Å². The quantitative estimate of drug-likeness (QED) is 0.297. The minimum atomic E-state index is -1.10. The van der Waals surface area contributed by atoms with Gasteiger partial charge in [0, 0.05) is 5.92 Å². The van der Waals surface area contributed by atoms with Crippen molar-refractivity contribution in [3.8, 4) is 0 Å². The fourth-order valence-corrected chi connectivity index (χ4v) is 1.55. The minimum Gasteiger partial charge on any atom is -0.464 e. The van der Waals surface area contributed by atoms with Crippen LogP contribution in [0.2, 0.25) is 0 Å². The lowest BCUT2D eigenvalue weighted by Crippen LogP contribution is -2.49. The molecule has 0 heterocycles. The number of nitrogens with one attached hydrogen (secondary N) is 1. The molecule has 0 aromatic carbocycles. The Morgan fingerprint density at radius 3 is 2.39 bits per heavy atom. The second-order valence-electron chi connectivity index (χ2n) is 6.14. The van der Waals surface area contributed by atoms with Gasteiger partial charge in [-0.2, -0.15) is 0 Å². The van der Waals surface area contributed by atoms with Crippen LogP contribution in [0.15, 0.2) is 0 Å². The van der Waals surface area contributed by atoms with Crippen LogP contribution in [0.1, 0.15) is 47.5 Å². The third kappa shape index (κ3) is 10.3. The van der Waals surface area contributed by atoms with Crippen LogP contribution in [0, 0.1) is 16.0 Å². The van der Waals surface area contributed by atoms with Gasteiger partial charge in [-0.3, -0.25) is 0 Å². The van der Waals surface area contributed by atoms with E-state index >= 15 is 0 Å². The second kappa shape index (κ2) is 9.86. The van der Waals surface area contributed by atoms with E-state index in [1.807, 2.05) is 6.92 Å². The number of ether oxygens (including phenoxy) is 2. The second-order valence-corrected chi connectivity index (χ2v) is 6.14. The standard InChI is InChI=1S/C14H26N2O7/c1-6-7-8-21-12(17)11(10(2)9-22-16(19)20)15-13(18)23-14(3,4)5/h10-11H,6-9H2,1-5H3,(H,15,18). The molecule has 0 bridgehead atoms. The van der Waals surface area contributed by atoms with Crippen molar-refractivity contribution in [2.45, 2.75) is 59.1 Å². The molecule has 0 saturated carbocycles. The number of esters is 1. The zero-order valence-corrected chi connectivity index (χ0v) is 14.3. The number of carbonyl (C=O) groups is 2. The van der Waals surface area contributed by atoms with Crippen LogP contribution < -0.4 is 5.32 Å². The Balaban J connectivity index is 4.80. The summed E-state index contributed by atoms with van der Waals surface area (Å²) >= 11 is 0. The van der Waals surface area contributed by atoms with E-state index in [1.165, 1.54) is 6.92 Å². The first-order chi connectivity index (χ1) is 10.6. The molecule has 0 spiro atoms. The molecule has 2 unspecified atom stereocenters. The molecule has 0 aliphatic heterocycles. The van der Waals surface area contributed by atoms with E-state index in [9.17, 15) is 19.7 Å². The highest BCUT2D eigenvalue weighted by Gasteiger charge is 2.31. The molecule has 0 aliphatic rings. The zero-order valence-electron chi connectivity index (χ0n) is 14.3. The number of amides is 1. The van der Waals surface area contributed by atoms with E-state index in [1.54, 1.807) is 20.8 Å². The molecule has 9 nitrogen and oxygen atoms in total. The molecule has 9 heteroatoms. The highest BCUT2D eigenvalue weighted by Crippen LogP contribution is 2.11. The van der Waals surface area contributed by atoms with Crippen molar-refractivity contribution < 1.29 is 29.0 Å². The van der Waals surface area contributed by atoms with Gasteiger partial charge in [-0.25, -0.2) is 9.59 Å². The molecule has 0 fully saturated rings. The van der Waals surface area contributed by atoms with E-state index in [-0.39, 0.29) is 13.2 Å². The van der Waals surface area contributed by atoms with Crippen LogP contribution in [0.4, 0.5) is 4.79 Å². The van der Waals surface area contributed by atoms with E-state index in [2.05, 4.69) is 10.2 Å². The molecule has 134 valence electrons. The SMILES string of the molecule is CCCCOC(=O)C(NC(=O)OC(C)(C)C)C(C)CO[N+](=O)[O-]. The largest absolute Gasteiger partial charge is 0.464 e. The van der Waals surface area contributed by atoms with Gasteiger partial charge in [0.25, 0.3) is 5.09 Å². The summed E-state index contributed by atoms with van der Waals surface area (Å²) in [6.07, 6.45) is 0.727. The maximum atomic E-state index is 12.1. The first-order valence-corrected chi connectivity index (χ1v) is 7.50. The van der Waals surface area contributed by atoms with E-state index < -0.39 is 34.7 Å². The predicted molar refractivity (Wildman–Crippen MR) is 81.1 cm³/mol. The van der Waals surface area contributed by atoms with Gasteiger partial charge >= 0.3 is 12.1 Å². The lowest BCUT2D eigenvalue weighted by Gasteiger charge is -2.25. The topological polar surface area (TPSA) is 117 Å². The molecule has 0 aliphatic carbocycles. The molecule has 1 N–H and O–H groups in total. The number of carbonyl (C=O) groups excluding carboxylic acids is 2. The molecule has 0 aromatic heterocycles. The van der Waals surface area contributed by atoms with E-state index in [0.29, 0.717) is 6.42 Å². The maximum absolute atomic E-state index is 12.1. The van der Waals surface area contributed by atoms with Gasteiger partial charge in [0.15, 0.2) is 0 Å². The average molecular weight is 334 g/mol. The Bertz CT molecular complexity index is 406. The van der Waals surface area contributed by atoms with Gasteiger partial charge in [-0.1, -0.05) is 20.3 Å². The average Bonchev–Trinajstić information content (AvgIpc) is 2.40. The summed E-state index contributed by atoms with van der Waals surface area (Å²) in [5, 5.41) is 11.7. The molecular formula is C14H26N2O7. The Morgan fingerprint density at radius 2 is 1.91 bits per heavy atom. The fourth-order valence-electron chi connectivity index (χ4n) is 1.55. The predicted octanol–water partition coefficient (Wildman–Crippen LogP) is 2.07. The van der Waals surface area contributed by atoms with E-state index in [4.69, 9.17) is 9.47 Å². The summed E-state index contributed by atoms with van der Waals surface area (Å²) in [7, 11) is 0. The van der Waals surface area contributed by atoms with Gasteiger partial charge in [0.1, 0.15) is 18.2 Å². The van der Waals surface area contributed by atoms with Crippen molar-refractivity contribution in [2.24, 2.45) is 5.92 Å². The number of unbranched alkanes of at least 4 members (excludes halogenated alkanes) is 1. The third-order valence-electron chi connectivity index (χ3n) is 2.68.